The van der Waals surface area contributed by atoms with Gasteiger partial charge in [-0.3, -0.25) is 4.99 Å². The van der Waals surface area contributed by atoms with E-state index in [2.05, 4.69) is 49.6 Å². The zero-order valence-corrected chi connectivity index (χ0v) is 15.9. The Morgan fingerprint density at radius 2 is 2.07 bits per heavy atom. The number of aliphatic imine (C=N–C) groups is 1. The number of ether oxygens (including phenoxy) is 1. The molecule has 7 nitrogen and oxygen atoms in total. The fraction of sp³-hybridized carbons (Fsp3) is 0.286. The lowest BCUT2D eigenvalue weighted by atomic mass is 10.2. The van der Waals surface area contributed by atoms with Gasteiger partial charge in [0.15, 0.2) is 5.96 Å². The second kappa shape index (κ2) is 8.56. The van der Waals surface area contributed by atoms with Crippen LogP contribution in [0.3, 0.4) is 0 Å². The van der Waals surface area contributed by atoms with E-state index in [4.69, 9.17) is 4.74 Å². The third-order valence-electron chi connectivity index (χ3n) is 4.74. The number of hydrogen-bond acceptors (Lipinski definition) is 4. The summed E-state index contributed by atoms with van der Waals surface area (Å²) in [5, 5.41) is 7.70. The summed E-state index contributed by atoms with van der Waals surface area (Å²) in [7, 11) is 1.82. The largest absolute Gasteiger partial charge is 0.472 e. The second-order valence-corrected chi connectivity index (χ2v) is 6.66. The molecule has 28 heavy (non-hydrogen) atoms. The maximum absolute atomic E-state index is 5.97. The Morgan fingerprint density at radius 3 is 2.79 bits per heavy atom. The molecule has 1 saturated heterocycles. The van der Waals surface area contributed by atoms with Crippen LogP contribution in [0.25, 0.3) is 5.69 Å². The zero-order valence-electron chi connectivity index (χ0n) is 15.9. The Hall–Kier alpha value is -3.35. The van der Waals surface area contributed by atoms with E-state index >= 15 is 0 Å². The van der Waals surface area contributed by atoms with Crippen LogP contribution in [0.15, 0.2) is 72.1 Å². The predicted molar refractivity (Wildman–Crippen MR) is 109 cm³/mol. The molecule has 4 rings (SSSR count). The molecule has 3 aromatic rings. The number of guanidine groups is 1. The highest BCUT2D eigenvalue weighted by molar-refractivity contribution is 5.80. The fourth-order valence-corrected chi connectivity index (χ4v) is 3.31. The Labute approximate surface area is 164 Å². The van der Waals surface area contributed by atoms with Gasteiger partial charge in [0, 0.05) is 51.2 Å². The lowest BCUT2D eigenvalue weighted by molar-refractivity contribution is 0.205. The van der Waals surface area contributed by atoms with Gasteiger partial charge in [-0.1, -0.05) is 18.2 Å². The van der Waals surface area contributed by atoms with Crippen molar-refractivity contribution in [3.05, 3.63) is 72.7 Å². The summed E-state index contributed by atoms with van der Waals surface area (Å²) in [5.41, 5.74) is 2.24. The minimum absolute atomic E-state index is 0.127. The molecule has 0 aliphatic carbocycles. The van der Waals surface area contributed by atoms with Gasteiger partial charge in [-0.2, -0.15) is 5.10 Å². The number of nitrogens with one attached hydrogen (secondary N) is 1. The van der Waals surface area contributed by atoms with E-state index in [-0.39, 0.29) is 6.10 Å². The summed E-state index contributed by atoms with van der Waals surface area (Å²) >= 11 is 0. The molecule has 0 saturated carbocycles. The lowest BCUT2D eigenvalue weighted by Crippen LogP contribution is -2.40. The normalized spacial score (nSPS) is 17.0. The first-order valence-electron chi connectivity index (χ1n) is 9.44. The Bertz CT molecular complexity index is 892. The third kappa shape index (κ3) is 4.31. The first kappa shape index (κ1) is 18.0. The average molecular weight is 376 g/mol. The van der Waals surface area contributed by atoms with Crippen molar-refractivity contribution in [2.24, 2.45) is 4.99 Å². The molecule has 1 unspecified atom stereocenters. The molecule has 0 radical (unpaired) electrons. The topological polar surface area (TPSA) is 67.6 Å². The molecule has 1 aliphatic heterocycles. The van der Waals surface area contributed by atoms with Gasteiger partial charge in [-0.05, 0) is 29.8 Å². The van der Waals surface area contributed by atoms with Crippen molar-refractivity contribution in [1.29, 1.82) is 0 Å². The van der Waals surface area contributed by atoms with Gasteiger partial charge in [0.2, 0.25) is 5.88 Å². The van der Waals surface area contributed by atoms with Crippen LogP contribution in [0, 0.1) is 0 Å². The van der Waals surface area contributed by atoms with Crippen LogP contribution in [0.4, 0.5) is 0 Å². The van der Waals surface area contributed by atoms with Crippen molar-refractivity contribution < 1.29 is 4.74 Å². The lowest BCUT2D eigenvalue weighted by Gasteiger charge is -2.21. The first-order chi connectivity index (χ1) is 13.8. The van der Waals surface area contributed by atoms with Crippen molar-refractivity contribution in [3.8, 4) is 11.6 Å². The van der Waals surface area contributed by atoms with Crippen LogP contribution in [0.2, 0.25) is 0 Å². The highest BCUT2D eigenvalue weighted by atomic mass is 16.5. The van der Waals surface area contributed by atoms with Crippen LogP contribution in [-0.4, -0.2) is 51.9 Å². The zero-order chi connectivity index (χ0) is 19.2. The van der Waals surface area contributed by atoms with Crippen molar-refractivity contribution in [2.75, 3.05) is 20.1 Å². The number of rotatable bonds is 5. The summed E-state index contributed by atoms with van der Waals surface area (Å²) in [6.07, 6.45) is 6.55. The third-order valence-corrected chi connectivity index (χ3v) is 4.74. The van der Waals surface area contributed by atoms with E-state index in [1.807, 2.05) is 42.2 Å². The molecule has 1 aliphatic rings. The van der Waals surface area contributed by atoms with Crippen LogP contribution >= 0.6 is 0 Å². The molecule has 144 valence electrons. The number of nitrogens with zero attached hydrogens (tertiary/aromatic N) is 5. The van der Waals surface area contributed by atoms with Crippen LogP contribution in [0.5, 0.6) is 5.88 Å². The molecule has 0 bridgehead atoms. The minimum Gasteiger partial charge on any atom is -0.472 e. The Kier molecular flexibility index (Phi) is 5.51. The molecule has 1 N–H and O–H groups in total. The predicted octanol–water partition coefficient (Wildman–Crippen LogP) is 2.50. The molecular formula is C21H24N6O. The van der Waals surface area contributed by atoms with E-state index in [0.717, 1.165) is 31.2 Å². The molecule has 1 aromatic carbocycles. The van der Waals surface area contributed by atoms with Gasteiger partial charge in [-0.15, -0.1) is 0 Å². The Morgan fingerprint density at radius 1 is 1.18 bits per heavy atom. The van der Waals surface area contributed by atoms with E-state index in [0.29, 0.717) is 12.4 Å². The van der Waals surface area contributed by atoms with Crippen LogP contribution in [-0.2, 0) is 6.54 Å². The SMILES string of the molecule is CN=C(NCc1ccc(-n2cccn2)cc1)N1CCC(Oc2ccccn2)C1. The van der Waals surface area contributed by atoms with Gasteiger partial charge in [-0.25, -0.2) is 9.67 Å². The summed E-state index contributed by atoms with van der Waals surface area (Å²) < 4.78 is 7.82. The monoisotopic (exact) mass is 376 g/mol. The van der Waals surface area contributed by atoms with Crippen molar-refractivity contribution >= 4 is 5.96 Å². The van der Waals surface area contributed by atoms with E-state index < -0.39 is 0 Å². The van der Waals surface area contributed by atoms with E-state index in [1.54, 1.807) is 12.4 Å². The fourth-order valence-electron chi connectivity index (χ4n) is 3.31. The molecular weight excluding hydrogens is 352 g/mol. The minimum atomic E-state index is 0.127. The number of likely N-dealkylation sites (tertiary alicyclic amines) is 1. The van der Waals surface area contributed by atoms with E-state index in [1.165, 1.54) is 5.56 Å². The molecule has 1 fully saturated rings. The summed E-state index contributed by atoms with van der Waals surface area (Å²) in [6.45, 7) is 2.43. The Balaban J connectivity index is 1.30. The smallest absolute Gasteiger partial charge is 0.213 e. The molecule has 1 atom stereocenters. The highest BCUT2D eigenvalue weighted by Gasteiger charge is 2.26. The highest BCUT2D eigenvalue weighted by Crippen LogP contribution is 2.16. The molecule has 7 heteroatoms. The maximum atomic E-state index is 5.97. The number of aromatic nitrogens is 3. The van der Waals surface area contributed by atoms with Crippen molar-refractivity contribution in [2.45, 2.75) is 19.1 Å². The number of hydrogen-bond donors (Lipinski definition) is 1. The molecule has 0 spiro atoms. The molecule has 2 aromatic heterocycles. The summed E-state index contributed by atoms with van der Waals surface area (Å²) in [4.78, 5) is 10.9. The van der Waals surface area contributed by atoms with Crippen LogP contribution < -0.4 is 10.1 Å². The van der Waals surface area contributed by atoms with Gasteiger partial charge in [0.25, 0.3) is 0 Å². The van der Waals surface area contributed by atoms with Gasteiger partial charge in [0.05, 0.1) is 12.2 Å². The van der Waals surface area contributed by atoms with Crippen LogP contribution in [0.1, 0.15) is 12.0 Å². The standard InChI is InChI=1S/C21H24N6O/c1-22-21(26-14-10-19(16-26)28-20-5-2-3-11-23-20)24-15-17-6-8-18(9-7-17)27-13-4-12-25-27/h2-9,11-13,19H,10,14-16H2,1H3,(H,22,24). The van der Waals surface area contributed by atoms with Crippen molar-refractivity contribution in [1.82, 2.24) is 25.0 Å². The quantitative estimate of drug-likeness (QED) is 0.547. The first-order valence-corrected chi connectivity index (χ1v) is 9.44. The second-order valence-electron chi connectivity index (χ2n) is 6.66. The molecule has 3 heterocycles. The molecule has 0 amide bonds. The van der Waals surface area contributed by atoms with Gasteiger partial charge in [0.1, 0.15) is 6.10 Å². The maximum Gasteiger partial charge on any atom is 0.213 e. The number of pyridine rings is 1. The van der Waals surface area contributed by atoms with Gasteiger partial charge >= 0.3 is 0 Å². The summed E-state index contributed by atoms with van der Waals surface area (Å²) in [6, 6.07) is 16.0. The average Bonchev–Trinajstić information content (AvgIpc) is 3.43. The van der Waals surface area contributed by atoms with E-state index in [9.17, 15) is 0 Å². The number of benzene rings is 1. The van der Waals surface area contributed by atoms with Gasteiger partial charge < -0.3 is 15.0 Å². The summed E-state index contributed by atoms with van der Waals surface area (Å²) in [5.74, 6) is 1.57. The van der Waals surface area contributed by atoms with Crippen molar-refractivity contribution in [3.63, 3.8) is 0 Å².